The first-order chi connectivity index (χ1) is 13.1. The molecule has 1 aliphatic rings. The summed E-state index contributed by atoms with van der Waals surface area (Å²) in [4.78, 5) is 14.5. The molecule has 2 aromatic carbocycles. The molecular weight excluding hydrogens is 367 g/mol. The summed E-state index contributed by atoms with van der Waals surface area (Å²) in [5.74, 6) is -0.125. The standard InChI is InChI=1S/C20H18ClFN4O/c21-17-6-4-15(5-7-17)16-8-9-25(12-16)20(27)19-13-26(24-23-19)11-14-2-1-3-18(22)10-14/h1-7,10,13,16H,8-9,11-12H2. The molecule has 3 aromatic rings. The maximum absolute atomic E-state index is 13.3. The Hall–Kier alpha value is -2.73. The van der Waals surface area contributed by atoms with E-state index in [4.69, 9.17) is 11.6 Å². The molecule has 0 spiro atoms. The second kappa shape index (κ2) is 7.48. The Kier molecular flexibility index (Phi) is 4.90. The second-order valence-electron chi connectivity index (χ2n) is 6.72. The molecule has 4 rings (SSSR count). The highest BCUT2D eigenvalue weighted by atomic mass is 35.5. The lowest BCUT2D eigenvalue weighted by molar-refractivity contribution is 0.0785. The fourth-order valence-corrected chi connectivity index (χ4v) is 3.54. The number of nitrogens with zero attached hydrogens (tertiary/aromatic N) is 4. The lowest BCUT2D eigenvalue weighted by Gasteiger charge is -2.15. The third-order valence-corrected chi connectivity index (χ3v) is 5.06. The van der Waals surface area contributed by atoms with Crippen LogP contribution in [0.4, 0.5) is 4.39 Å². The van der Waals surface area contributed by atoms with Gasteiger partial charge in [-0.05, 0) is 41.8 Å². The first-order valence-corrected chi connectivity index (χ1v) is 9.15. The summed E-state index contributed by atoms with van der Waals surface area (Å²) in [6.45, 7) is 1.70. The maximum Gasteiger partial charge on any atom is 0.276 e. The van der Waals surface area contributed by atoms with E-state index in [2.05, 4.69) is 10.3 Å². The summed E-state index contributed by atoms with van der Waals surface area (Å²) in [5.41, 5.74) is 2.26. The smallest absolute Gasteiger partial charge is 0.276 e. The van der Waals surface area contributed by atoms with Crippen LogP contribution in [-0.2, 0) is 6.54 Å². The number of hydrogen-bond donors (Lipinski definition) is 0. The Bertz CT molecular complexity index is 957. The van der Waals surface area contributed by atoms with Gasteiger partial charge >= 0.3 is 0 Å². The van der Waals surface area contributed by atoms with E-state index >= 15 is 0 Å². The van der Waals surface area contributed by atoms with Crippen LogP contribution in [-0.4, -0.2) is 38.9 Å². The zero-order chi connectivity index (χ0) is 18.8. The Morgan fingerprint density at radius 3 is 2.81 bits per heavy atom. The number of amides is 1. The fraction of sp³-hybridized carbons (Fsp3) is 0.250. The van der Waals surface area contributed by atoms with Crippen LogP contribution in [0.15, 0.2) is 54.7 Å². The average Bonchev–Trinajstić information content (AvgIpc) is 3.32. The Labute approximate surface area is 161 Å². The lowest BCUT2D eigenvalue weighted by Crippen LogP contribution is -2.28. The van der Waals surface area contributed by atoms with Gasteiger partial charge in [0, 0.05) is 24.0 Å². The highest BCUT2D eigenvalue weighted by Crippen LogP contribution is 2.28. The van der Waals surface area contributed by atoms with E-state index in [1.807, 2.05) is 30.3 Å². The van der Waals surface area contributed by atoms with E-state index < -0.39 is 0 Å². The third-order valence-electron chi connectivity index (χ3n) is 4.81. The van der Waals surface area contributed by atoms with Crippen molar-refractivity contribution in [1.82, 2.24) is 19.9 Å². The van der Waals surface area contributed by atoms with E-state index in [-0.39, 0.29) is 11.7 Å². The van der Waals surface area contributed by atoms with Gasteiger partial charge in [0.2, 0.25) is 0 Å². The minimum atomic E-state index is -0.297. The SMILES string of the molecule is O=C(c1cn(Cc2cccc(F)c2)nn1)N1CCC(c2ccc(Cl)cc2)C1. The molecule has 5 nitrogen and oxygen atoms in total. The zero-order valence-electron chi connectivity index (χ0n) is 14.6. The van der Waals surface area contributed by atoms with E-state index in [0.29, 0.717) is 36.3 Å². The maximum atomic E-state index is 13.3. The Balaban J connectivity index is 1.41. The van der Waals surface area contributed by atoms with Gasteiger partial charge in [-0.15, -0.1) is 5.10 Å². The van der Waals surface area contributed by atoms with E-state index in [1.54, 1.807) is 21.8 Å². The summed E-state index contributed by atoms with van der Waals surface area (Å²) in [5, 5.41) is 8.71. The summed E-state index contributed by atoms with van der Waals surface area (Å²) >= 11 is 5.94. The first kappa shape index (κ1) is 17.7. The van der Waals surface area contributed by atoms with Gasteiger partial charge in [0.1, 0.15) is 5.82 Å². The molecule has 1 aliphatic heterocycles. The molecule has 0 N–H and O–H groups in total. The molecule has 27 heavy (non-hydrogen) atoms. The topological polar surface area (TPSA) is 51.0 Å². The van der Waals surface area contributed by atoms with Crippen molar-refractivity contribution in [2.24, 2.45) is 0 Å². The Morgan fingerprint density at radius 1 is 1.22 bits per heavy atom. The fourth-order valence-electron chi connectivity index (χ4n) is 3.41. The lowest BCUT2D eigenvalue weighted by atomic mass is 9.99. The highest BCUT2D eigenvalue weighted by molar-refractivity contribution is 6.30. The molecule has 0 radical (unpaired) electrons. The van der Waals surface area contributed by atoms with Gasteiger partial charge in [0.15, 0.2) is 5.69 Å². The molecule has 0 aliphatic carbocycles. The van der Waals surface area contributed by atoms with Crippen molar-refractivity contribution >= 4 is 17.5 Å². The molecule has 1 amide bonds. The van der Waals surface area contributed by atoms with Gasteiger partial charge in [0.25, 0.3) is 5.91 Å². The van der Waals surface area contributed by atoms with Crippen LogP contribution in [0.5, 0.6) is 0 Å². The van der Waals surface area contributed by atoms with Crippen molar-refractivity contribution in [3.63, 3.8) is 0 Å². The molecule has 0 bridgehead atoms. The number of rotatable bonds is 4. The molecule has 1 fully saturated rings. The van der Waals surface area contributed by atoms with E-state index in [9.17, 15) is 9.18 Å². The molecule has 0 saturated carbocycles. The molecule has 1 atom stereocenters. The van der Waals surface area contributed by atoms with Gasteiger partial charge in [-0.2, -0.15) is 0 Å². The molecule has 138 valence electrons. The normalized spacial score (nSPS) is 16.7. The van der Waals surface area contributed by atoms with Crippen LogP contribution < -0.4 is 0 Å². The van der Waals surface area contributed by atoms with E-state index in [0.717, 1.165) is 12.0 Å². The first-order valence-electron chi connectivity index (χ1n) is 8.78. The summed E-state index contributed by atoms with van der Waals surface area (Å²) in [7, 11) is 0. The average molecular weight is 385 g/mol. The number of hydrogen-bond acceptors (Lipinski definition) is 3. The van der Waals surface area contributed by atoms with Gasteiger partial charge in [-0.25, -0.2) is 9.07 Å². The quantitative estimate of drug-likeness (QED) is 0.688. The second-order valence-corrected chi connectivity index (χ2v) is 7.16. The third kappa shape index (κ3) is 4.01. The van der Waals surface area contributed by atoms with Crippen LogP contribution >= 0.6 is 11.6 Å². The van der Waals surface area contributed by atoms with Crippen LogP contribution in [0.2, 0.25) is 5.02 Å². The highest BCUT2D eigenvalue weighted by Gasteiger charge is 2.29. The minimum Gasteiger partial charge on any atom is -0.337 e. The van der Waals surface area contributed by atoms with Crippen LogP contribution in [0.3, 0.4) is 0 Å². The molecule has 1 aromatic heterocycles. The number of benzene rings is 2. The monoisotopic (exact) mass is 384 g/mol. The number of aromatic nitrogens is 3. The minimum absolute atomic E-state index is 0.128. The number of carbonyl (C=O) groups excluding carboxylic acids is 1. The molecular formula is C20H18ClFN4O. The predicted octanol–water partition coefficient (Wildman–Crippen LogP) is 3.75. The van der Waals surface area contributed by atoms with Crippen molar-refractivity contribution in [2.75, 3.05) is 13.1 Å². The van der Waals surface area contributed by atoms with Crippen LogP contribution in [0.1, 0.15) is 34.0 Å². The van der Waals surface area contributed by atoms with Gasteiger partial charge in [-0.1, -0.05) is 41.1 Å². The van der Waals surface area contributed by atoms with E-state index in [1.165, 1.54) is 17.7 Å². The van der Waals surface area contributed by atoms with Crippen molar-refractivity contribution in [3.8, 4) is 0 Å². The van der Waals surface area contributed by atoms with Gasteiger partial charge < -0.3 is 4.90 Å². The summed E-state index contributed by atoms with van der Waals surface area (Å²) < 4.78 is 14.8. The zero-order valence-corrected chi connectivity index (χ0v) is 15.3. The molecule has 2 heterocycles. The number of likely N-dealkylation sites (tertiary alicyclic amines) is 1. The van der Waals surface area contributed by atoms with Crippen LogP contribution in [0.25, 0.3) is 0 Å². The molecule has 1 saturated heterocycles. The van der Waals surface area contributed by atoms with Gasteiger partial charge in [0.05, 0.1) is 12.7 Å². The number of carbonyl (C=O) groups is 1. The number of halogens is 2. The Morgan fingerprint density at radius 2 is 2.04 bits per heavy atom. The predicted molar refractivity (Wildman–Crippen MR) is 100 cm³/mol. The molecule has 1 unspecified atom stereocenters. The molecule has 7 heteroatoms. The van der Waals surface area contributed by atoms with Crippen molar-refractivity contribution in [1.29, 1.82) is 0 Å². The van der Waals surface area contributed by atoms with Gasteiger partial charge in [-0.3, -0.25) is 4.79 Å². The van der Waals surface area contributed by atoms with Crippen LogP contribution in [0, 0.1) is 5.82 Å². The van der Waals surface area contributed by atoms with Crippen molar-refractivity contribution in [3.05, 3.63) is 82.4 Å². The van der Waals surface area contributed by atoms with Crippen molar-refractivity contribution in [2.45, 2.75) is 18.9 Å². The summed E-state index contributed by atoms with van der Waals surface area (Å²) in [6.07, 6.45) is 2.52. The van der Waals surface area contributed by atoms with Crippen molar-refractivity contribution < 1.29 is 9.18 Å². The largest absolute Gasteiger partial charge is 0.337 e. The summed E-state index contributed by atoms with van der Waals surface area (Å²) in [6, 6.07) is 14.1.